The van der Waals surface area contributed by atoms with E-state index in [4.69, 9.17) is 14.2 Å². The lowest BCUT2D eigenvalue weighted by Gasteiger charge is -2.39. The third-order valence-electron chi connectivity index (χ3n) is 6.49. The van der Waals surface area contributed by atoms with E-state index < -0.39 is 23.0 Å². The summed E-state index contributed by atoms with van der Waals surface area (Å²) in [6, 6.07) is 19.0. The number of esters is 1. The van der Waals surface area contributed by atoms with Crippen LogP contribution in [0.3, 0.4) is 0 Å². The minimum Gasteiger partial charge on any atom is -0.491 e. The average molecular weight is 524 g/mol. The van der Waals surface area contributed by atoms with Crippen molar-refractivity contribution in [3.8, 4) is 5.75 Å². The van der Waals surface area contributed by atoms with Gasteiger partial charge in [-0.05, 0) is 61.4 Å². The van der Waals surface area contributed by atoms with Gasteiger partial charge in [0.15, 0.2) is 11.6 Å². The topological polar surface area (TPSA) is 65.1 Å². The highest BCUT2D eigenvalue weighted by atomic mass is 19.2. The monoisotopic (exact) mass is 523 g/mol. The number of hydrogen-bond donors (Lipinski definition) is 0. The smallest absolute Gasteiger partial charge is 0.338 e. The summed E-state index contributed by atoms with van der Waals surface area (Å²) in [5, 5.41) is 0. The van der Waals surface area contributed by atoms with Gasteiger partial charge in [0.25, 0.3) is 0 Å². The Labute approximate surface area is 221 Å². The predicted octanol–water partition coefficient (Wildman–Crippen LogP) is 5.14. The molecule has 0 aliphatic carbocycles. The van der Waals surface area contributed by atoms with E-state index in [-0.39, 0.29) is 30.6 Å². The molecule has 1 aliphatic rings. The number of carbonyl (C=O) groups is 2. The fourth-order valence-electron chi connectivity index (χ4n) is 4.67. The van der Waals surface area contributed by atoms with Crippen LogP contribution in [-0.4, -0.2) is 55.8 Å². The zero-order chi connectivity index (χ0) is 27.1. The molecule has 0 aromatic heterocycles. The van der Waals surface area contributed by atoms with Crippen LogP contribution < -0.4 is 4.74 Å². The number of morpholine rings is 1. The molecule has 1 saturated heterocycles. The maximum absolute atomic E-state index is 14.6. The van der Waals surface area contributed by atoms with Gasteiger partial charge >= 0.3 is 5.97 Å². The number of carbonyl (C=O) groups excluding carboxylic acids is 2. The van der Waals surface area contributed by atoms with Gasteiger partial charge in [0.05, 0.1) is 31.5 Å². The Bertz CT molecular complexity index is 1260. The standard InChI is InChI=1S/C30H31F2NO5/c1-21(2)38-25-10-6-9-23(19-25)30(24-11-12-26(31)27(32)20-24,29(35)33-14-17-36-18-15-33)13-16-37-28(34)22-7-4-3-5-8-22/h3-12,19-21H,13-18H2,1-2H3. The lowest BCUT2D eigenvalue weighted by Crippen LogP contribution is -2.52. The molecule has 1 unspecified atom stereocenters. The molecule has 38 heavy (non-hydrogen) atoms. The van der Waals surface area contributed by atoms with Crippen LogP contribution in [0.4, 0.5) is 8.78 Å². The van der Waals surface area contributed by atoms with Crippen molar-refractivity contribution in [2.75, 3.05) is 32.9 Å². The van der Waals surface area contributed by atoms with Crippen molar-refractivity contribution in [2.45, 2.75) is 31.8 Å². The molecule has 0 N–H and O–H groups in total. The Morgan fingerprint density at radius 3 is 2.32 bits per heavy atom. The first kappa shape index (κ1) is 27.3. The number of rotatable bonds is 9. The zero-order valence-electron chi connectivity index (χ0n) is 21.5. The Kier molecular flexibility index (Phi) is 8.73. The van der Waals surface area contributed by atoms with Gasteiger partial charge in [-0.15, -0.1) is 0 Å². The molecular weight excluding hydrogens is 492 g/mol. The molecule has 1 fully saturated rings. The third-order valence-corrected chi connectivity index (χ3v) is 6.49. The highest BCUT2D eigenvalue weighted by Crippen LogP contribution is 2.40. The van der Waals surface area contributed by atoms with Crippen molar-refractivity contribution in [1.29, 1.82) is 0 Å². The van der Waals surface area contributed by atoms with E-state index in [0.29, 0.717) is 43.2 Å². The molecule has 8 heteroatoms. The fourth-order valence-corrected chi connectivity index (χ4v) is 4.67. The molecule has 0 spiro atoms. The van der Waals surface area contributed by atoms with Crippen LogP contribution >= 0.6 is 0 Å². The summed E-state index contributed by atoms with van der Waals surface area (Å²) in [4.78, 5) is 28.7. The molecule has 0 radical (unpaired) electrons. The lowest BCUT2D eigenvalue weighted by atomic mass is 9.70. The second-order valence-electron chi connectivity index (χ2n) is 9.39. The van der Waals surface area contributed by atoms with Gasteiger partial charge in [0.2, 0.25) is 5.91 Å². The number of halogens is 2. The molecule has 6 nitrogen and oxygen atoms in total. The van der Waals surface area contributed by atoms with Crippen LogP contribution in [0.2, 0.25) is 0 Å². The van der Waals surface area contributed by atoms with Gasteiger partial charge < -0.3 is 19.1 Å². The summed E-state index contributed by atoms with van der Waals surface area (Å²) in [6.07, 6.45) is -0.123. The van der Waals surface area contributed by atoms with E-state index in [2.05, 4.69) is 0 Å². The molecule has 0 bridgehead atoms. The Morgan fingerprint density at radius 1 is 0.921 bits per heavy atom. The van der Waals surface area contributed by atoms with E-state index in [1.807, 2.05) is 13.8 Å². The third kappa shape index (κ3) is 6.02. The first-order valence-corrected chi connectivity index (χ1v) is 12.6. The van der Waals surface area contributed by atoms with Gasteiger partial charge in [0, 0.05) is 19.5 Å². The number of ether oxygens (including phenoxy) is 3. The molecule has 0 saturated carbocycles. The Morgan fingerprint density at radius 2 is 1.63 bits per heavy atom. The SMILES string of the molecule is CC(C)Oc1cccc(C(CCOC(=O)c2ccccc2)(C(=O)N2CCOCC2)c2ccc(F)c(F)c2)c1. The predicted molar refractivity (Wildman–Crippen MR) is 138 cm³/mol. The molecule has 200 valence electrons. The van der Waals surface area contributed by atoms with E-state index in [0.717, 1.165) is 12.1 Å². The summed E-state index contributed by atoms with van der Waals surface area (Å²) in [7, 11) is 0. The van der Waals surface area contributed by atoms with E-state index in [1.165, 1.54) is 6.07 Å². The molecule has 1 amide bonds. The van der Waals surface area contributed by atoms with Gasteiger partial charge in [-0.25, -0.2) is 13.6 Å². The molecule has 3 aromatic carbocycles. The first-order chi connectivity index (χ1) is 18.3. The van der Waals surface area contributed by atoms with E-state index in [9.17, 15) is 18.4 Å². The Hall–Kier alpha value is -3.78. The zero-order valence-corrected chi connectivity index (χ0v) is 21.5. The summed E-state index contributed by atoms with van der Waals surface area (Å²) in [5.41, 5.74) is -0.337. The van der Waals surface area contributed by atoms with Crippen LogP contribution in [0.5, 0.6) is 5.75 Å². The maximum atomic E-state index is 14.6. The summed E-state index contributed by atoms with van der Waals surface area (Å²) < 4.78 is 45.6. The van der Waals surface area contributed by atoms with Crippen molar-refractivity contribution in [2.24, 2.45) is 0 Å². The van der Waals surface area contributed by atoms with Crippen molar-refractivity contribution < 1.29 is 32.6 Å². The van der Waals surface area contributed by atoms with Crippen LogP contribution in [0.15, 0.2) is 72.8 Å². The number of hydrogen-bond acceptors (Lipinski definition) is 5. The number of amides is 1. The Balaban J connectivity index is 1.80. The van der Waals surface area contributed by atoms with Gasteiger partial charge in [0.1, 0.15) is 11.2 Å². The highest BCUT2D eigenvalue weighted by molar-refractivity contribution is 5.93. The van der Waals surface area contributed by atoms with Crippen molar-refractivity contribution in [3.63, 3.8) is 0 Å². The summed E-state index contributed by atoms with van der Waals surface area (Å²) >= 11 is 0. The normalized spacial score (nSPS) is 15.1. The molecule has 3 aromatic rings. The van der Waals surface area contributed by atoms with Crippen LogP contribution in [0, 0.1) is 11.6 Å². The van der Waals surface area contributed by atoms with Crippen LogP contribution in [0.25, 0.3) is 0 Å². The van der Waals surface area contributed by atoms with Gasteiger partial charge in [-0.1, -0.05) is 36.4 Å². The molecule has 4 rings (SSSR count). The minimum absolute atomic E-state index is 0.00202. The average Bonchev–Trinajstić information content (AvgIpc) is 2.93. The van der Waals surface area contributed by atoms with Crippen LogP contribution in [0.1, 0.15) is 41.8 Å². The fraction of sp³-hybridized carbons (Fsp3) is 0.333. The molecule has 1 heterocycles. The second-order valence-corrected chi connectivity index (χ2v) is 9.39. The lowest BCUT2D eigenvalue weighted by molar-refractivity contribution is -0.140. The maximum Gasteiger partial charge on any atom is 0.338 e. The first-order valence-electron chi connectivity index (χ1n) is 12.6. The van der Waals surface area contributed by atoms with Crippen molar-refractivity contribution in [3.05, 3.63) is 101 Å². The minimum atomic E-state index is -1.49. The molecule has 1 aliphatic heterocycles. The molecular formula is C30H31F2NO5. The summed E-state index contributed by atoms with van der Waals surface area (Å²) in [6.45, 7) is 5.04. The quantitative estimate of drug-likeness (QED) is 0.363. The number of benzene rings is 3. The van der Waals surface area contributed by atoms with Crippen molar-refractivity contribution in [1.82, 2.24) is 4.90 Å². The largest absolute Gasteiger partial charge is 0.491 e. The highest BCUT2D eigenvalue weighted by Gasteiger charge is 2.45. The summed E-state index contributed by atoms with van der Waals surface area (Å²) in [5.74, 6) is -2.42. The van der Waals surface area contributed by atoms with Gasteiger partial charge in [-0.3, -0.25) is 4.79 Å². The number of nitrogens with zero attached hydrogens (tertiary/aromatic N) is 1. The van der Waals surface area contributed by atoms with Crippen molar-refractivity contribution >= 4 is 11.9 Å². The second kappa shape index (κ2) is 12.2. The molecule has 1 atom stereocenters. The van der Waals surface area contributed by atoms with E-state index in [1.54, 1.807) is 59.5 Å². The van der Waals surface area contributed by atoms with Gasteiger partial charge in [-0.2, -0.15) is 0 Å². The van der Waals surface area contributed by atoms with E-state index >= 15 is 0 Å². The van der Waals surface area contributed by atoms with Crippen LogP contribution in [-0.2, 0) is 19.7 Å².